The molecular formula is C19H25N3O2S. The molecule has 0 unspecified atom stereocenters. The van der Waals surface area contributed by atoms with Gasteiger partial charge in [0.15, 0.2) is 0 Å². The summed E-state index contributed by atoms with van der Waals surface area (Å²) in [4.78, 5) is 28.3. The van der Waals surface area contributed by atoms with E-state index in [1.54, 1.807) is 35.6 Å². The molecule has 0 aliphatic carbocycles. The highest BCUT2D eigenvalue weighted by Crippen LogP contribution is 2.12. The van der Waals surface area contributed by atoms with Crippen LogP contribution in [0.5, 0.6) is 0 Å². The Labute approximate surface area is 152 Å². The van der Waals surface area contributed by atoms with Crippen LogP contribution >= 0.6 is 11.3 Å². The van der Waals surface area contributed by atoms with Gasteiger partial charge in [-0.2, -0.15) is 0 Å². The van der Waals surface area contributed by atoms with Gasteiger partial charge >= 0.3 is 0 Å². The minimum atomic E-state index is -0.116. The van der Waals surface area contributed by atoms with Crippen LogP contribution in [-0.4, -0.2) is 23.3 Å². The van der Waals surface area contributed by atoms with Crippen molar-refractivity contribution in [3.05, 3.63) is 45.9 Å². The molecule has 25 heavy (non-hydrogen) atoms. The minimum Gasteiger partial charge on any atom is -0.352 e. The lowest BCUT2D eigenvalue weighted by molar-refractivity contribution is -0.116. The van der Waals surface area contributed by atoms with Crippen molar-refractivity contribution >= 4 is 28.8 Å². The van der Waals surface area contributed by atoms with Gasteiger partial charge in [-0.25, -0.2) is 4.98 Å². The first kappa shape index (κ1) is 19.1. The van der Waals surface area contributed by atoms with Crippen molar-refractivity contribution in [1.29, 1.82) is 0 Å². The van der Waals surface area contributed by atoms with Crippen LogP contribution in [0.3, 0.4) is 0 Å². The van der Waals surface area contributed by atoms with Gasteiger partial charge in [0, 0.05) is 36.0 Å². The number of carbonyl (C=O) groups is 2. The molecule has 1 aromatic carbocycles. The third kappa shape index (κ3) is 6.31. The van der Waals surface area contributed by atoms with Crippen molar-refractivity contribution < 1.29 is 9.59 Å². The number of nitrogens with one attached hydrogen (secondary N) is 2. The molecule has 6 heteroatoms. The molecule has 134 valence electrons. The molecule has 2 N–H and O–H groups in total. The summed E-state index contributed by atoms with van der Waals surface area (Å²) in [5.41, 5.74) is 2.32. The van der Waals surface area contributed by atoms with E-state index in [-0.39, 0.29) is 11.8 Å². The second kappa shape index (κ2) is 9.93. The van der Waals surface area contributed by atoms with Crippen LogP contribution in [0.15, 0.2) is 29.6 Å². The number of anilines is 1. The summed E-state index contributed by atoms with van der Waals surface area (Å²) in [5, 5.41) is 8.90. The number of thiazole rings is 1. The van der Waals surface area contributed by atoms with E-state index in [4.69, 9.17) is 0 Å². The molecule has 0 radical (unpaired) electrons. The van der Waals surface area contributed by atoms with E-state index >= 15 is 0 Å². The van der Waals surface area contributed by atoms with E-state index in [2.05, 4.69) is 29.5 Å². The smallest absolute Gasteiger partial charge is 0.251 e. The second-order valence-electron chi connectivity index (χ2n) is 5.82. The first-order valence-electron chi connectivity index (χ1n) is 8.73. The fraction of sp³-hybridized carbons (Fsp3) is 0.421. The Balaban J connectivity index is 1.78. The van der Waals surface area contributed by atoms with E-state index in [0.717, 1.165) is 36.4 Å². The summed E-state index contributed by atoms with van der Waals surface area (Å²) in [5.74, 6) is -0.108. The number of hydrogen-bond acceptors (Lipinski definition) is 4. The summed E-state index contributed by atoms with van der Waals surface area (Å²) in [6.45, 7) is 4.69. The van der Waals surface area contributed by atoms with Crippen LogP contribution in [0.1, 0.15) is 54.2 Å². The number of aryl methyl sites for hydroxylation is 1. The molecular weight excluding hydrogens is 334 g/mol. The zero-order valence-electron chi connectivity index (χ0n) is 14.8. The Morgan fingerprint density at radius 1 is 1.16 bits per heavy atom. The van der Waals surface area contributed by atoms with Gasteiger partial charge in [0.2, 0.25) is 5.91 Å². The normalized spacial score (nSPS) is 10.5. The molecule has 0 saturated heterocycles. The Morgan fingerprint density at radius 3 is 2.56 bits per heavy atom. The number of aromatic nitrogens is 1. The number of carbonyl (C=O) groups excluding carboxylic acids is 2. The van der Waals surface area contributed by atoms with Crippen LogP contribution in [0.2, 0.25) is 0 Å². The molecule has 0 aliphatic heterocycles. The molecule has 0 bridgehead atoms. The van der Waals surface area contributed by atoms with Gasteiger partial charge in [-0.05, 0) is 37.1 Å². The lowest BCUT2D eigenvalue weighted by Crippen LogP contribution is -2.25. The quantitative estimate of drug-likeness (QED) is 0.715. The highest BCUT2D eigenvalue weighted by Gasteiger charge is 2.07. The summed E-state index contributed by atoms with van der Waals surface area (Å²) >= 11 is 1.66. The summed E-state index contributed by atoms with van der Waals surface area (Å²) in [6.07, 6.45) is 4.07. The third-order valence-electron chi connectivity index (χ3n) is 3.76. The zero-order chi connectivity index (χ0) is 18.1. The second-order valence-corrected chi connectivity index (χ2v) is 6.76. The van der Waals surface area contributed by atoms with Crippen molar-refractivity contribution in [2.45, 2.75) is 46.0 Å². The largest absolute Gasteiger partial charge is 0.352 e. The lowest BCUT2D eigenvalue weighted by Gasteiger charge is -2.07. The molecule has 1 heterocycles. The first-order valence-corrected chi connectivity index (χ1v) is 9.61. The predicted octanol–water partition coefficient (Wildman–Crippen LogP) is 3.81. The molecule has 5 nitrogen and oxygen atoms in total. The lowest BCUT2D eigenvalue weighted by atomic mass is 10.2. The molecule has 2 aromatic rings. The number of hydrogen-bond donors (Lipinski definition) is 2. The van der Waals surface area contributed by atoms with Crippen LogP contribution < -0.4 is 10.6 Å². The van der Waals surface area contributed by atoms with Crippen LogP contribution in [0.4, 0.5) is 5.69 Å². The van der Waals surface area contributed by atoms with E-state index < -0.39 is 0 Å². The van der Waals surface area contributed by atoms with Gasteiger partial charge in [0.05, 0.1) is 10.7 Å². The highest BCUT2D eigenvalue weighted by atomic mass is 32.1. The van der Waals surface area contributed by atoms with E-state index in [1.165, 1.54) is 0 Å². The van der Waals surface area contributed by atoms with Gasteiger partial charge in [-0.1, -0.05) is 20.3 Å². The molecule has 0 atom stereocenters. The average Bonchev–Trinajstić information content (AvgIpc) is 3.08. The standard InChI is InChI=1S/C19H25N3O2S/c1-3-5-6-17(23)21-15-9-7-14(8-10-15)19(24)20-12-11-16-13-25-18(4-2)22-16/h7-10,13H,3-6,11-12H2,1-2H3,(H,20,24)(H,21,23). The topological polar surface area (TPSA) is 71.1 Å². The number of amides is 2. The van der Waals surface area contributed by atoms with Gasteiger partial charge in [-0.3, -0.25) is 9.59 Å². The summed E-state index contributed by atoms with van der Waals surface area (Å²) in [7, 11) is 0. The third-order valence-corrected chi connectivity index (χ3v) is 4.80. The van der Waals surface area contributed by atoms with Gasteiger partial charge < -0.3 is 10.6 Å². The van der Waals surface area contributed by atoms with Crippen molar-refractivity contribution in [3.63, 3.8) is 0 Å². The zero-order valence-corrected chi connectivity index (χ0v) is 15.6. The fourth-order valence-electron chi connectivity index (χ4n) is 2.30. The Bertz CT molecular complexity index is 695. The van der Waals surface area contributed by atoms with Crippen LogP contribution in [0, 0.1) is 0 Å². The maximum absolute atomic E-state index is 12.2. The molecule has 0 fully saturated rings. The molecule has 2 rings (SSSR count). The number of nitrogens with zero attached hydrogens (tertiary/aromatic N) is 1. The SMILES string of the molecule is CCCCC(=O)Nc1ccc(C(=O)NCCc2csc(CC)n2)cc1. The number of unbranched alkanes of at least 4 members (excludes halogenated alkanes) is 1. The molecule has 0 spiro atoms. The predicted molar refractivity (Wildman–Crippen MR) is 102 cm³/mol. The van der Waals surface area contributed by atoms with Crippen molar-refractivity contribution in [2.75, 3.05) is 11.9 Å². The van der Waals surface area contributed by atoms with Crippen LogP contribution in [0.25, 0.3) is 0 Å². The Hall–Kier alpha value is -2.21. The van der Waals surface area contributed by atoms with E-state index in [9.17, 15) is 9.59 Å². The molecule has 0 saturated carbocycles. The fourth-order valence-corrected chi connectivity index (χ4v) is 3.08. The van der Waals surface area contributed by atoms with Gasteiger partial charge in [-0.15, -0.1) is 11.3 Å². The summed E-state index contributed by atoms with van der Waals surface area (Å²) < 4.78 is 0. The maximum atomic E-state index is 12.2. The monoisotopic (exact) mass is 359 g/mol. The van der Waals surface area contributed by atoms with Crippen LogP contribution in [-0.2, 0) is 17.6 Å². The van der Waals surface area contributed by atoms with Gasteiger partial charge in [0.1, 0.15) is 0 Å². The average molecular weight is 359 g/mol. The number of rotatable bonds is 9. The maximum Gasteiger partial charge on any atom is 0.251 e. The Kier molecular flexibility index (Phi) is 7.60. The molecule has 2 amide bonds. The van der Waals surface area contributed by atoms with Gasteiger partial charge in [0.25, 0.3) is 5.91 Å². The summed E-state index contributed by atoms with van der Waals surface area (Å²) in [6, 6.07) is 6.96. The first-order chi connectivity index (χ1) is 12.1. The van der Waals surface area contributed by atoms with Crippen molar-refractivity contribution in [3.8, 4) is 0 Å². The molecule has 1 aromatic heterocycles. The molecule has 0 aliphatic rings. The van der Waals surface area contributed by atoms with Crippen molar-refractivity contribution in [2.24, 2.45) is 0 Å². The van der Waals surface area contributed by atoms with E-state index in [1.807, 2.05) is 5.38 Å². The highest BCUT2D eigenvalue weighted by molar-refractivity contribution is 7.09. The Morgan fingerprint density at radius 2 is 1.92 bits per heavy atom. The minimum absolute atomic E-state index is 0.00811. The van der Waals surface area contributed by atoms with E-state index in [0.29, 0.717) is 24.2 Å². The number of benzene rings is 1. The van der Waals surface area contributed by atoms with Crippen molar-refractivity contribution in [1.82, 2.24) is 10.3 Å².